The number of nitrogens with zero attached hydrogens (tertiary/aromatic N) is 1. The Morgan fingerprint density at radius 3 is 2.78 bits per heavy atom. The van der Waals surface area contributed by atoms with E-state index in [1.54, 1.807) is 11.3 Å². The summed E-state index contributed by atoms with van der Waals surface area (Å²) in [5, 5.41) is 7.20. The number of fused-ring (bicyclic) bond motifs is 2. The normalized spacial score (nSPS) is 37.3. The summed E-state index contributed by atoms with van der Waals surface area (Å²) in [5.74, 6) is 0.915. The Kier molecular flexibility index (Phi) is 2.83. The van der Waals surface area contributed by atoms with E-state index in [2.05, 4.69) is 43.4 Å². The van der Waals surface area contributed by atoms with Gasteiger partial charge in [-0.25, -0.2) is 4.98 Å². The zero-order valence-corrected chi connectivity index (χ0v) is 12.7. The monoisotopic (exact) mass is 264 g/mol. The van der Waals surface area contributed by atoms with Crippen molar-refractivity contribution in [1.29, 1.82) is 0 Å². The van der Waals surface area contributed by atoms with Gasteiger partial charge in [-0.1, -0.05) is 20.8 Å². The van der Waals surface area contributed by atoms with E-state index in [-0.39, 0.29) is 0 Å². The van der Waals surface area contributed by atoms with E-state index in [4.69, 9.17) is 0 Å². The topological polar surface area (TPSA) is 24.9 Å². The molecule has 18 heavy (non-hydrogen) atoms. The second-order valence-corrected chi connectivity index (χ2v) is 8.05. The second-order valence-electron chi connectivity index (χ2n) is 7.11. The highest BCUT2D eigenvalue weighted by molar-refractivity contribution is 7.09. The standard InChI is InChI=1S/C15H24N2S/c1-10-9-18-12(17-10)8-16-13-14(2,3)11-5-6-15(13,4)7-11/h9,11,13,16H,5-8H2,1-4H3. The van der Waals surface area contributed by atoms with Gasteiger partial charge in [0.2, 0.25) is 0 Å². The molecule has 0 saturated heterocycles. The Bertz CT molecular complexity index is 446. The highest BCUT2D eigenvalue weighted by Gasteiger charge is 2.58. The minimum Gasteiger partial charge on any atom is -0.307 e. The van der Waals surface area contributed by atoms with Crippen LogP contribution in [0, 0.1) is 23.7 Å². The van der Waals surface area contributed by atoms with Gasteiger partial charge in [0, 0.05) is 23.7 Å². The van der Waals surface area contributed by atoms with Crippen LogP contribution in [0.15, 0.2) is 5.38 Å². The minimum absolute atomic E-state index is 0.444. The summed E-state index contributed by atoms with van der Waals surface area (Å²) >= 11 is 1.78. The lowest BCUT2D eigenvalue weighted by atomic mass is 9.68. The number of aromatic nitrogens is 1. The summed E-state index contributed by atoms with van der Waals surface area (Å²) in [6.45, 7) is 10.4. The third-order valence-electron chi connectivity index (χ3n) is 5.39. The van der Waals surface area contributed by atoms with Crippen LogP contribution in [-0.4, -0.2) is 11.0 Å². The quantitative estimate of drug-likeness (QED) is 0.899. The molecule has 3 heteroatoms. The molecular weight excluding hydrogens is 240 g/mol. The summed E-state index contributed by atoms with van der Waals surface area (Å²) in [7, 11) is 0. The molecule has 0 radical (unpaired) electrons. The fourth-order valence-corrected chi connectivity index (χ4v) is 5.21. The Balaban J connectivity index is 1.72. The van der Waals surface area contributed by atoms with E-state index < -0.39 is 0 Å². The molecule has 3 atom stereocenters. The summed E-state index contributed by atoms with van der Waals surface area (Å²) in [6, 6.07) is 0.646. The molecule has 1 N–H and O–H groups in total. The molecule has 0 aliphatic heterocycles. The molecule has 100 valence electrons. The zero-order valence-electron chi connectivity index (χ0n) is 11.9. The van der Waals surface area contributed by atoms with Crippen molar-refractivity contribution in [2.24, 2.45) is 16.7 Å². The summed E-state index contributed by atoms with van der Waals surface area (Å²) in [6.07, 6.45) is 4.24. The molecule has 2 nitrogen and oxygen atoms in total. The number of aryl methyl sites for hydroxylation is 1. The maximum absolute atomic E-state index is 4.56. The van der Waals surface area contributed by atoms with Gasteiger partial charge in [0.25, 0.3) is 0 Å². The second kappa shape index (κ2) is 4.04. The number of hydrogen-bond donors (Lipinski definition) is 1. The number of rotatable bonds is 3. The molecule has 1 heterocycles. The summed E-state index contributed by atoms with van der Waals surface area (Å²) in [4.78, 5) is 4.56. The highest BCUT2D eigenvalue weighted by Crippen LogP contribution is 2.62. The smallest absolute Gasteiger partial charge is 0.107 e. The van der Waals surface area contributed by atoms with Crippen LogP contribution in [0.3, 0.4) is 0 Å². The van der Waals surface area contributed by atoms with Gasteiger partial charge in [0.1, 0.15) is 5.01 Å². The first kappa shape index (κ1) is 12.6. The molecule has 2 bridgehead atoms. The maximum Gasteiger partial charge on any atom is 0.107 e. The van der Waals surface area contributed by atoms with Crippen molar-refractivity contribution in [3.8, 4) is 0 Å². The number of thiazole rings is 1. The lowest BCUT2D eigenvalue weighted by Gasteiger charge is -2.43. The van der Waals surface area contributed by atoms with Crippen molar-refractivity contribution < 1.29 is 0 Å². The maximum atomic E-state index is 4.56. The fourth-order valence-electron chi connectivity index (χ4n) is 4.48. The van der Waals surface area contributed by atoms with Gasteiger partial charge in [-0.15, -0.1) is 11.3 Å². The van der Waals surface area contributed by atoms with Gasteiger partial charge in [-0.2, -0.15) is 0 Å². The van der Waals surface area contributed by atoms with Crippen molar-refractivity contribution in [3.63, 3.8) is 0 Å². The van der Waals surface area contributed by atoms with Crippen LogP contribution in [-0.2, 0) is 6.54 Å². The molecule has 1 aromatic rings. The molecule has 1 aromatic heterocycles. The molecule has 3 unspecified atom stereocenters. The van der Waals surface area contributed by atoms with Crippen LogP contribution in [0.4, 0.5) is 0 Å². The fraction of sp³-hybridized carbons (Fsp3) is 0.800. The SMILES string of the molecule is Cc1csc(CNC2C3(C)CCC(C3)C2(C)C)n1. The molecule has 2 saturated carbocycles. The number of hydrogen-bond acceptors (Lipinski definition) is 3. The van der Waals surface area contributed by atoms with E-state index >= 15 is 0 Å². The van der Waals surface area contributed by atoms with Crippen molar-refractivity contribution in [1.82, 2.24) is 10.3 Å². The Hall–Kier alpha value is -0.410. The van der Waals surface area contributed by atoms with E-state index in [0.29, 0.717) is 16.9 Å². The first-order valence-corrected chi connectivity index (χ1v) is 7.94. The van der Waals surface area contributed by atoms with Crippen molar-refractivity contribution in [2.45, 2.75) is 59.5 Å². The van der Waals surface area contributed by atoms with E-state index in [1.807, 2.05) is 0 Å². The van der Waals surface area contributed by atoms with E-state index in [1.165, 1.54) is 24.3 Å². The van der Waals surface area contributed by atoms with Crippen LogP contribution in [0.25, 0.3) is 0 Å². The third kappa shape index (κ3) is 1.83. The van der Waals surface area contributed by atoms with Gasteiger partial charge in [0.15, 0.2) is 0 Å². The molecule has 0 amide bonds. The molecule has 0 aromatic carbocycles. The average Bonchev–Trinajstić information content (AvgIpc) is 2.89. The average molecular weight is 264 g/mol. The Labute approximate surface area is 114 Å². The first-order valence-electron chi connectivity index (χ1n) is 7.06. The number of nitrogens with one attached hydrogen (secondary N) is 1. The molecule has 2 fully saturated rings. The third-order valence-corrected chi connectivity index (χ3v) is 6.36. The van der Waals surface area contributed by atoms with Crippen LogP contribution in [0.2, 0.25) is 0 Å². The Morgan fingerprint density at radius 1 is 1.44 bits per heavy atom. The van der Waals surface area contributed by atoms with Crippen LogP contribution < -0.4 is 5.32 Å². The van der Waals surface area contributed by atoms with Gasteiger partial charge in [-0.3, -0.25) is 0 Å². The molecule has 3 rings (SSSR count). The predicted molar refractivity (Wildman–Crippen MR) is 76.7 cm³/mol. The van der Waals surface area contributed by atoms with E-state index in [0.717, 1.165) is 18.2 Å². The van der Waals surface area contributed by atoms with Gasteiger partial charge in [0.05, 0.1) is 0 Å². The van der Waals surface area contributed by atoms with Crippen LogP contribution in [0.5, 0.6) is 0 Å². The lowest BCUT2D eigenvalue weighted by Crippen LogP contribution is -2.49. The summed E-state index contributed by atoms with van der Waals surface area (Å²) in [5.41, 5.74) is 2.11. The van der Waals surface area contributed by atoms with Gasteiger partial charge < -0.3 is 5.32 Å². The van der Waals surface area contributed by atoms with Gasteiger partial charge in [-0.05, 0) is 42.9 Å². The van der Waals surface area contributed by atoms with Crippen molar-refractivity contribution in [3.05, 3.63) is 16.1 Å². The van der Waals surface area contributed by atoms with Crippen molar-refractivity contribution >= 4 is 11.3 Å². The first-order chi connectivity index (χ1) is 8.42. The summed E-state index contributed by atoms with van der Waals surface area (Å²) < 4.78 is 0. The van der Waals surface area contributed by atoms with Crippen LogP contribution in [0.1, 0.15) is 50.7 Å². The molecule has 2 aliphatic carbocycles. The molecule has 2 aliphatic rings. The van der Waals surface area contributed by atoms with E-state index in [9.17, 15) is 0 Å². The molecular formula is C15H24N2S. The molecule has 0 spiro atoms. The van der Waals surface area contributed by atoms with Crippen molar-refractivity contribution in [2.75, 3.05) is 0 Å². The van der Waals surface area contributed by atoms with Gasteiger partial charge >= 0.3 is 0 Å². The predicted octanol–water partition coefficient (Wildman–Crippen LogP) is 3.76. The zero-order chi connectivity index (χ0) is 13.0. The lowest BCUT2D eigenvalue weighted by molar-refractivity contribution is 0.108. The highest BCUT2D eigenvalue weighted by atomic mass is 32.1. The van der Waals surface area contributed by atoms with Crippen LogP contribution >= 0.6 is 11.3 Å². The minimum atomic E-state index is 0.444. The Morgan fingerprint density at radius 2 is 2.22 bits per heavy atom. The largest absolute Gasteiger partial charge is 0.307 e.